The molecule has 0 radical (unpaired) electrons. The fourth-order valence-electron chi connectivity index (χ4n) is 1.80. The number of nitrogens with one attached hydrogen (secondary N) is 2. The highest BCUT2D eigenvalue weighted by molar-refractivity contribution is 9.10. The van der Waals surface area contributed by atoms with Gasteiger partial charge in [-0.2, -0.15) is 0 Å². The van der Waals surface area contributed by atoms with Crippen molar-refractivity contribution in [3.8, 4) is 0 Å². The number of halogens is 2. The second-order valence-corrected chi connectivity index (χ2v) is 5.64. The molecule has 2 rings (SSSR count). The van der Waals surface area contributed by atoms with E-state index in [2.05, 4.69) is 36.5 Å². The van der Waals surface area contributed by atoms with Crippen LogP contribution in [0.5, 0.6) is 0 Å². The first-order valence-corrected chi connectivity index (χ1v) is 7.49. The topological polar surface area (TPSA) is 49.8 Å². The second-order valence-electron chi connectivity index (χ2n) is 4.38. The summed E-state index contributed by atoms with van der Waals surface area (Å²) in [5.41, 5.74) is 1.91. The highest BCUT2D eigenvalue weighted by Crippen LogP contribution is 2.29. The highest BCUT2D eigenvalue weighted by Gasteiger charge is 2.09. The predicted octanol–water partition coefficient (Wildman–Crippen LogP) is 4.68. The summed E-state index contributed by atoms with van der Waals surface area (Å²) in [6, 6.07) is 5.67. The molecule has 0 saturated carbocycles. The first-order valence-electron chi connectivity index (χ1n) is 6.32. The summed E-state index contributed by atoms with van der Waals surface area (Å²) in [4.78, 5) is 8.86. The Bertz CT molecular complexity index is 631. The molecule has 2 N–H and O–H groups in total. The van der Waals surface area contributed by atoms with Gasteiger partial charge in [-0.05, 0) is 54.9 Å². The Hall–Kier alpha value is -1.33. The molecule has 0 unspecified atom stereocenters. The van der Waals surface area contributed by atoms with Crippen LogP contribution in [-0.2, 0) is 0 Å². The Balaban J connectivity index is 2.35. The van der Waals surface area contributed by atoms with Gasteiger partial charge in [0.25, 0.3) is 0 Å². The van der Waals surface area contributed by atoms with Crippen molar-refractivity contribution in [1.82, 2.24) is 9.97 Å². The third-order valence-corrected chi connectivity index (χ3v) is 4.00. The van der Waals surface area contributed by atoms with Crippen LogP contribution in [-0.4, -0.2) is 16.5 Å². The van der Waals surface area contributed by atoms with Crippen LogP contribution in [0.2, 0.25) is 5.02 Å². The van der Waals surface area contributed by atoms with Gasteiger partial charge in [0.1, 0.15) is 17.5 Å². The van der Waals surface area contributed by atoms with E-state index < -0.39 is 0 Å². The number of aryl methyl sites for hydroxylation is 1. The van der Waals surface area contributed by atoms with E-state index in [9.17, 15) is 0 Å². The summed E-state index contributed by atoms with van der Waals surface area (Å²) < 4.78 is 0.847. The van der Waals surface area contributed by atoms with E-state index in [4.69, 9.17) is 11.6 Å². The highest BCUT2D eigenvalue weighted by atomic mass is 79.9. The third kappa shape index (κ3) is 3.41. The van der Waals surface area contributed by atoms with E-state index in [0.717, 1.165) is 39.7 Å². The molecule has 0 spiro atoms. The van der Waals surface area contributed by atoms with Crippen molar-refractivity contribution in [2.45, 2.75) is 20.8 Å². The Morgan fingerprint density at radius 1 is 1.20 bits per heavy atom. The van der Waals surface area contributed by atoms with E-state index in [1.54, 1.807) is 0 Å². The van der Waals surface area contributed by atoms with Crippen molar-refractivity contribution in [3.05, 3.63) is 39.1 Å². The molecule has 20 heavy (non-hydrogen) atoms. The molecule has 0 aliphatic carbocycles. The van der Waals surface area contributed by atoms with Crippen LogP contribution in [0.1, 0.15) is 18.3 Å². The largest absolute Gasteiger partial charge is 0.370 e. The van der Waals surface area contributed by atoms with Gasteiger partial charge < -0.3 is 10.6 Å². The summed E-state index contributed by atoms with van der Waals surface area (Å²) in [5, 5.41) is 7.22. The molecule has 2 aromatic rings. The smallest absolute Gasteiger partial charge is 0.139 e. The van der Waals surface area contributed by atoms with Gasteiger partial charge in [0.2, 0.25) is 0 Å². The lowest BCUT2D eigenvalue weighted by molar-refractivity contribution is 1.02. The van der Waals surface area contributed by atoms with Crippen LogP contribution in [0.4, 0.5) is 17.3 Å². The summed E-state index contributed by atoms with van der Waals surface area (Å²) >= 11 is 9.41. The number of hydrogen-bond acceptors (Lipinski definition) is 4. The average Bonchev–Trinajstić information content (AvgIpc) is 2.39. The molecule has 0 atom stereocenters. The molecule has 0 aliphatic rings. The van der Waals surface area contributed by atoms with Crippen molar-refractivity contribution in [2.75, 3.05) is 17.2 Å². The van der Waals surface area contributed by atoms with E-state index in [0.29, 0.717) is 5.02 Å². The zero-order valence-electron chi connectivity index (χ0n) is 11.6. The third-order valence-electron chi connectivity index (χ3n) is 2.78. The fourth-order valence-corrected chi connectivity index (χ4v) is 2.30. The lowest BCUT2D eigenvalue weighted by Gasteiger charge is -2.14. The summed E-state index contributed by atoms with van der Waals surface area (Å²) in [6.07, 6.45) is 0. The molecule has 0 bridgehead atoms. The van der Waals surface area contributed by atoms with E-state index in [1.165, 1.54) is 0 Å². The van der Waals surface area contributed by atoms with E-state index >= 15 is 0 Å². The Morgan fingerprint density at radius 3 is 2.55 bits per heavy atom. The van der Waals surface area contributed by atoms with Gasteiger partial charge in [-0.3, -0.25) is 0 Å². The van der Waals surface area contributed by atoms with Crippen LogP contribution in [0.3, 0.4) is 0 Å². The second kappa shape index (κ2) is 6.41. The lowest BCUT2D eigenvalue weighted by Crippen LogP contribution is -2.07. The molecule has 0 saturated heterocycles. The maximum atomic E-state index is 6.00. The normalized spacial score (nSPS) is 10.4. The van der Waals surface area contributed by atoms with Crippen LogP contribution in [0.15, 0.2) is 22.7 Å². The maximum Gasteiger partial charge on any atom is 0.139 e. The number of benzene rings is 1. The van der Waals surface area contributed by atoms with Crippen molar-refractivity contribution in [1.29, 1.82) is 0 Å². The molecule has 6 heteroatoms. The number of anilines is 3. The number of rotatable bonds is 4. The minimum atomic E-state index is 0.680. The standard InChI is InChI=1S/C14H16BrClN4/c1-4-17-13-8(2)14(19-9(3)18-13)20-10-5-6-12(16)11(15)7-10/h5-7H,4H2,1-3H3,(H2,17,18,19,20). The zero-order valence-corrected chi connectivity index (χ0v) is 13.9. The van der Waals surface area contributed by atoms with E-state index in [-0.39, 0.29) is 0 Å². The first kappa shape index (κ1) is 15.1. The lowest BCUT2D eigenvalue weighted by atomic mass is 10.2. The van der Waals surface area contributed by atoms with Gasteiger partial charge in [-0.15, -0.1) is 0 Å². The van der Waals surface area contributed by atoms with Gasteiger partial charge in [0.05, 0.1) is 5.02 Å². The minimum absolute atomic E-state index is 0.680. The van der Waals surface area contributed by atoms with Gasteiger partial charge in [0.15, 0.2) is 0 Å². The van der Waals surface area contributed by atoms with Crippen molar-refractivity contribution in [2.24, 2.45) is 0 Å². The Kier molecular flexibility index (Phi) is 4.83. The quantitative estimate of drug-likeness (QED) is 0.835. The Labute approximate surface area is 132 Å². The average molecular weight is 356 g/mol. The molecule has 1 aromatic carbocycles. The molecule has 0 fully saturated rings. The molecular formula is C14H16BrClN4. The van der Waals surface area contributed by atoms with Gasteiger partial charge in [-0.1, -0.05) is 11.6 Å². The molecule has 1 heterocycles. The van der Waals surface area contributed by atoms with Gasteiger partial charge >= 0.3 is 0 Å². The van der Waals surface area contributed by atoms with E-state index in [1.807, 2.05) is 39.0 Å². The number of aromatic nitrogens is 2. The van der Waals surface area contributed by atoms with Crippen LogP contribution in [0, 0.1) is 13.8 Å². The SMILES string of the molecule is CCNc1nc(C)nc(Nc2ccc(Cl)c(Br)c2)c1C. The van der Waals surface area contributed by atoms with Crippen molar-refractivity contribution < 1.29 is 0 Å². The molecule has 0 aliphatic heterocycles. The van der Waals surface area contributed by atoms with Gasteiger partial charge in [0, 0.05) is 22.3 Å². The molecule has 1 aromatic heterocycles. The molecule has 106 valence electrons. The molecular weight excluding hydrogens is 340 g/mol. The number of hydrogen-bond donors (Lipinski definition) is 2. The zero-order chi connectivity index (χ0) is 14.7. The molecule has 0 amide bonds. The van der Waals surface area contributed by atoms with Crippen molar-refractivity contribution >= 4 is 44.9 Å². The van der Waals surface area contributed by atoms with Crippen LogP contribution >= 0.6 is 27.5 Å². The summed E-state index contributed by atoms with van der Waals surface area (Å²) in [5.74, 6) is 2.38. The molecule has 4 nitrogen and oxygen atoms in total. The maximum absolute atomic E-state index is 6.00. The minimum Gasteiger partial charge on any atom is -0.370 e. The first-order chi connectivity index (χ1) is 9.51. The fraction of sp³-hybridized carbons (Fsp3) is 0.286. The predicted molar refractivity (Wildman–Crippen MR) is 88.1 cm³/mol. The van der Waals surface area contributed by atoms with Crippen LogP contribution < -0.4 is 10.6 Å². The summed E-state index contributed by atoms with van der Waals surface area (Å²) in [6.45, 7) is 6.73. The summed E-state index contributed by atoms with van der Waals surface area (Å²) in [7, 11) is 0. The monoisotopic (exact) mass is 354 g/mol. The number of nitrogens with zero attached hydrogens (tertiary/aromatic N) is 2. The van der Waals surface area contributed by atoms with Crippen molar-refractivity contribution in [3.63, 3.8) is 0 Å². The van der Waals surface area contributed by atoms with Crippen LogP contribution in [0.25, 0.3) is 0 Å². The van der Waals surface area contributed by atoms with Gasteiger partial charge in [-0.25, -0.2) is 9.97 Å². The Morgan fingerprint density at radius 2 is 1.90 bits per heavy atom.